The molecule has 0 nitrogen and oxygen atoms in total. The smallest absolute Gasteiger partial charge is 0.128 e. The molecule has 0 amide bonds. The summed E-state index contributed by atoms with van der Waals surface area (Å²) in [5.74, 6) is 0.181. The van der Waals surface area contributed by atoms with E-state index in [1.54, 1.807) is 13.8 Å². The van der Waals surface area contributed by atoms with Gasteiger partial charge >= 0.3 is 0 Å². The normalized spacial score (nSPS) is 24.8. The van der Waals surface area contributed by atoms with Gasteiger partial charge in [0.05, 0.1) is 0 Å². The second-order valence-corrected chi connectivity index (χ2v) is 4.61. The number of hydrogen-bond acceptors (Lipinski definition) is 0. The van der Waals surface area contributed by atoms with Crippen LogP contribution in [0.3, 0.4) is 0 Å². The molecule has 0 spiro atoms. The summed E-state index contributed by atoms with van der Waals surface area (Å²) in [4.78, 5) is 0. The van der Waals surface area contributed by atoms with E-state index in [-0.39, 0.29) is 11.4 Å². The first-order chi connectivity index (χ1) is 6.97. The van der Waals surface area contributed by atoms with Crippen LogP contribution in [0.25, 0.3) is 0 Å². The van der Waals surface area contributed by atoms with Gasteiger partial charge in [0.15, 0.2) is 0 Å². The summed E-state index contributed by atoms with van der Waals surface area (Å²) in [6.07, 6.45) is 1.14. The van der Waals surface area contributed by atoms with E-state index in [1.165, 1.54) is 0 Å². The Hall–Kier alpha value is -0.660. The molecule has 0 fully saturated rings. The number of rotatable bonds is 3. The van der Waals surface area contributed by atoms with Crippen molar-refractivity contribution in [3.05, 3.63) is 22.5 Å². The summed E-state index contributed by atoms with van der Waals surface area (Å²) in [6, 6.07) is 0. The van der Waals surface area contributed by atoms with Crippen molar-refractivity contribution in [2.24, 2.45) is 5.92 Å². The van der Waals surface area contributed by atoms with Gasteiger partial charge in [-0.2, -0.15) is 0 Å². The molecule has 1 aliphatic rings. The highest BCUT2D eigenvalue weighted by Gasteiger charge is 2.25. The first kappa shape index (κ1) is 12.4. The average Bonchev–Trinajstić information content (AvgIpc) is 2.22. The summed E-state index contributed by atoms with van der Waals surface area (Å²) in [5, 5.41) is 0. The molecule has 0 saturated heterocycles. The summed E-state index contributed by atoms with van der Waals surface area (Å²) in [7, 11) is 0. The van der Waals surface area contributed by atoms with Crippen molar-refractivity contribution in [1.29, 1.82) is 0 Å². The quantitative estimate of drug-likeness (QED) is 0.637. The zero-order chi connectivity index (χ0) is 11.6. The van der Waals surface area contributed by atoms with E-state index in [9.17, 15) is 8.78 Å². The Kier molecular flexibility index (Phi) is 4.06. The lowest BCUT2D eigenvalue weighted by Gasteiger charge is -2.23. The van der Waals surface area contributed by atoms with Gasteiger partial charge in [0.25, 0.3) is 0 Å². The minimum Gasteiger partial charge on any atom is -0.242 e. The van der Waals surface area contributed by atoms with Crippen molar-refractivity contribution in [2.45, 2.75) is 53.1 Å². The molecule has 2 unspecified atom stereocenters. The summed E-state index contributed by atoms with van der Waals surface area (Å²) in [6.45, 7) is 7.54. The molecule has 0 bridgehead atoms. The molecule has 0 N–H and O–H groups in total. The fraction of sp³-hybridized carbons (Fsp3) is 0.692. The van der Waals surface area contributed by atoms with Crippen molar-refractivity contribution in [1.82, 2.24) is 0 Å². The van der Waals surface area contributed by atoms with Crippen LogP contribution in [0.2, 0.25) is 0 Å². The number of allylic oxidation sites excluding steroid dienone is 4. The van der Waals surface area contributed by atoms with E-state index in [1.807, 2.05) is 0 Å². The minimum atomic E-state index is -1.12. The molecule has 0 heterocycles. The second kappa shape index (κ2) is 4.91. The summed E-state index contributed by atoms with van der Waals surface area (Å²) >= 11 is 0. The van der Waals surface area contributed by atoms with Crippen molar-refractivity contribution < 1.29 is 8.78 Å². The van der Waals surface area contributed by atoms with E-state index in [2.05, 4.69) is 13.8 Å². The number of hydrogen-bond donors (Lipinski definition) is 0. The summed E-state index contributed by atoms with van der Waals surface area (Å²) in [5.41, 5.74) is 1.89. The van der Waals surface area contributed by atoms with Crippen LogP contribution in [0, 0.1) is 5.92 Å². The van der Waals surface area contributed by atoms with Crippen molar-refractivity contribution in [3.63, 3.8) is 0 Å². The fourth-order valence-electron chi connectivity index (χ4n) is 1.91. The van der Waals surface area contributed by atoms with Crippen LogP contribution in [0.1, 0.15) is 47.0 Å². The largest absolute Gasteiger partial charge is 0.242 e. The summed E-state index contributed by atoms with van der Waals surface area (Å²) < 4.78 is 27.1. The zero-order valence-electron chi connectivity index (χ0n) is 10.0. The lowest BCUT2D eigenvalue weighted by molar-refractivity contribution is 0.353. The first-order valence-corrected chi connectivity index (χ1v) is 5.66. The Balaban J connectivity index is 2.89. The van der Waals surface area contributed by atoms with Crippen molar-refractivity contribution >= 4 is 0 Å². The molecular formula is C13H20F2. The number of alkyl halides is 1. The highest BCUT2D eigenvalue weighted by Crippen LogP contribution is 2.35. The molecule has 0 radical (unpaired) electrons. The van der Waals surface area contributed by atoms with Gasteiger partial charge in [-0.05, 0) is 37.3 Å². The molecular weight excluding hydrogens is 194 g/mol. The molecule has 15 heavy (non-hydrogen) atoms. The maximum absolute atomic E-state index is 13.6. The van der Waals surface area contributed by atoms with Gasteiger partial charge in [-0.1, -0.05) is 25.8 Å². The Morgan fingerprint density at radius 3 is 2.53 bits per heavy atom. The highest BCUT2D eigenvalue weighted by atomic mass is 19.1. The van der Waals surface area contributed by atoms with Gasteiger partial charge < -0.3 is 0 Å². The first-order valence-electron chi connectivity index (χ1n) is 5.66. The lowest BCUT2D eigenvalue weighted by atomic mass is 9.86. The van der Waals surface area contributed by atoms with Crippen LogP contribution in [0.5, 0.6) is 0 Å². The predicted octanol–water partition coefficient (Wildman–Crippen LogP) is 4.72. The minimum absolute atomic E-state index is 0.264. The maximum Gasteiger partial charge on any atom is 0.128 e. The molecule has 0 aromatic heterocycles. The average molecular weight is 214 g/mol. The molecule has 0 aromatic rings. The second-order valence-electron chi connectivity index (χ2n) is 4.61. The van der Waals surface area contributed by atoms with E-state index in [4.69, 9.17) is 0 Å². The predicted molar refractivity (Wildman–Crippen MR) is 60.1 cm³/mol. The molecule has 0 aromatic carbocycles. The monoisotopic (exact) mass is 214 g/mol. The third kappa shape index (κ3) is 2.67. The Morgan fingerprint density at radius 2 is 2.00 bits per heavy atom. The molecule has 2 atom stereocenters. The van der Waals surface area contributed by atoms with Crippen LogP contribution in [-0.4, -0.2) is 6.17 Å². The van der Waals surface area contributed by atoms with Gasteiger partial charge in [-0.3, -0.25) is 0 Å². The molecule has 2 heteroatoms. The SMILES string of the molecule is CCC(C)CC1=C(C)C(F)=C(C)C(F)C1. The van der Waals surface area contributed by atoms with Crippen molar-refractivity contribution in [2.75, 3.05) is 0 Å². The molecule has 0 saturated carbocycles. The van der Waals surface area contributed by atoms with E-state index < -0.39 is 6.17 Å². The van der Waals surface area contributed by atoms with Crippen LogP contribution in [0.4, 0.5) is 8.78 Å². The van der Waals surface area contributed by atoms with Crippen LogP contribution in [0.15, 0.2) is 22.5 Å². The lowest BCUT2D eigenvalue weighted by Crippen LogP contribution is -2.14. The standard InChI is InChI=1S/C13H20F2/c1-5-8(2)6-11-7-12(14)10(4)13(15)9(11)3/h8,12H,5-7H2,1-4H3. The zero-order valence-corrected chi connectivity index (χ0v) is 10.0. The maximum atomic E-state index is 13.6. The molecule has 1 aliphatic carbocycles. The topological polar surface area (TPSA) is 0 Å². The molecule has 86 valence electrons. The van der Waals surface area contributed by atoms with Gasteiger partial charge in [0.2, 0.25) is 0 Å². The van der Waals surface area contributed by atoms with Crippen LogP contribution >= 0.6 is 0 Å². The van der Waals surface area contributed by atoms with Gasteiger partial charge in [0, 0.05) is 6.42 Å². The molecule has 0 aliphatic heterocycles. The van der Waals surface area contributed by atoms with E-state index in [0.717, 1.165) is 18.4 Å². The Bertz CT molecular complexity index is 300. The molecule has 1 rings (SSSR count). The van der Waals surface area contributed by atoms with Crippen molar-refractivity contribution in [3.8, 4) is 0 Å². The van der Waals surface area contributed by atoms with E-state index in [0.29, 0.717) is 17.9 Å². The number of halogens is 2. The van der Waals surface area contributed by atoms with Gasteiger partial charge in [-0.25, -0.2) is 8.78 Å². The highest BCUT2D eigenvalue weighted by molar-refractivity contribution is 5.38. The third-order valence-electron chi connectivity index (χ3n) is 3.39. The van der Waals surface area contributed by atoms with E-state index >= 15 is 0 Å². The Labute approximate surface area is 91.1 Å². The Morgan fingerprint density at radius 1 is 1.40 bits per heavy atom. The van der Waals surface area contributed by atoms with Crippen LogP contribution < -0.4 is 0 Å². The fourth-order valence-corrected chi connectivity index (χ4v) is 1.91. The third-order valence-corrected chi connectivity index (χ3v) is 3.39. The van der Waals surface area contributed by atoms with Crippen LogP contribution in [-0.2, 0) is 0 Å². The van der Waals surface area contributed by atoms with Gasteiger partial charge in [-0.15, -0.1) is 0 Å². The van der Waals surface area contributed by atoms with Gasteiger partial charge in [0.1, 0.15) is 12.0 Å².